The fourth-order valence-corrected chi connectivity index (χ4v) is 5.44. The second kappa shape index (κ2) is 16.3. The second-order valence-corrected chi connectivity index (χ2v) is 11.5. The first kappa shape index (κ1) is 31.5. The molecule has 0 radical (unpaired) electrons. The number of fused-ring (bicyclic) bond motifs is 17. The molecule has 1 unspecified atom stereocenters. The van der Waals surface area contributed by atoms with Gasteiger partial charge in [0.1, 0.15) is 11.6 Å². The average Bonchev–Trinajstić information content (AvgIpc) is 3.48. The van der Waals surface area contributed by atoms with Crippen LogP contribution in [-0.4, -0.2) is 85.6 Å². The van der Waals surface area contributed by atoms with Gasteiger partial charge in [-0.25, -0.2) is 4.98 Å². The molecular formula is C31H46N6O5. The van der Waals surface area contributed by atoms with E-state index in [1.165, 1.54) is 6.42 Å². The first-order chi connectivity index (χ1) is 20.5. The lowest BCUT2D eigenvalue weighted by Crippen LogP contribution is -2.51. The molecule has 2 aliphatic heterocycles. The molecule has 11 heteroatoms. The lowest BCUT2D eigenvalue weighted by Gasteiger charge is -2.34. The molecule has 2 aromatic rings. The van der Waals surface area contributed by atoms with Crippen LogP contribution < -0.4 is 20.7 Å². The van der Waals surface area contributed by atoms with E-state index in [0.29, 0.717) is 70.1 Å². The van der Waals surface area contributed by atoms with Crippen LogP contribution >= 0.6 is 0 Å². The first-order valence-electron chi connectivity index (χ1n) is 15.2. The lowest BCUT2D eigenvalue weighted by molar-refractivity contribution is -0.133. The molecule has 230 valence electrons. The molecule has 1 aliphatic carbocycles. The standard InChI is InChI=1S/C31H46N6O5/c1-41-18-12-31(30(40)35-20-25-5-2-6-25)19-24-8-10-26(11-9-24)42-22-29(39)34-13-4-17-37(21-27-32-14-15-33-27)16-3-7-28(38)36-23-31/h8-11,14-15,25H,2-7,12-13,16-23H2,1H3,(H,32,33)(H,34,39)(H,35,40)(H,36,38). The van der Waals surface area contributed by atoms with E-state index in [1.54, 1.807) is 19.5 Å². The van der Waals surface area contributed by atoms with Crippen LogP contribution in [0.2, 0.25) is 0 Å². The monoisotopic (exact) mass is 582 g/mol. The molecule has 5 rings (SSSR count). The second-order valence-electron chi connectivity index (χ2n) is 11.5. The molecule has 0 saturated heterocycles. The molecule has 1 saturated carbocycles. The number of imidazole rings is 1. The van der Waals surface area contributed by atoms with Gasteiger partial charge in [-0.1, -0.05) is 18.6 Å². The van der Waals surface area contributed by atoms with Crippen molar-refractivity contribution in [2.45, 2.75) is 57.9 Å². The van der Waals surface area contributed by atoms with E-state index < -0.39 is 5.41 Å². The fraction of sp³-hybridized carbons (Fsp3) is 0.613. The number of amides is 3. The number of ether oxygens (including phenoxy) is 2. The van der Waals surface area contributed by atoms with Crippen molar-refractivity contribution in [2.75, 3.05) is 53.0 Å². The summed E-state index contributed by atoms with van der Waals surface area (Å²) >= 11 is 0. The van der Waals surface area contributed by atoms with Gasteiger partial charge in [-0.15, -0.1) is 0 Å². The van der Waals surface area contributed by atoms with Gasteiger partial charge in [-0.05, 0) is 68.7 Å². The van der Waals surface area contributed by atoms with Gasteiger partial charge < -0.3 is 30.4 Å². The summed E-state index contributed by atoms with van der Waals surface area (Å²) in [6.07, 6.45) is 9.67. The van der Waals surface area contributed by atoms with E-state index >= 15 is 0 Å². The smallest absolute Gasteiger partial charge is 0.257 e. The molecule has 4 N–H and O–H groups in total. The van der Waals surface area contributed by atoms with Gasteiger partial charge in [0.25, 0.3) is 5.91 Å². The van der Waals surface area contributed by atoms with Crippen molar-refractivity contribution in [3.05, 3.63) is 48.0 Å². The predicted molar refractivity (Wildman–Crippen MR) is 159 cm³/mol. The van der Waals surface area contributed by atoms with Gasteiger partial charge in [-0.3, -0.25) is 19.3 Å². The summed E-state index contributed by atoms with van der Waals surface area (Å²) in [5, 5.41) is 9.20. The Bertz CT molecular complexity index is 1120. The molecule has 3 aliphatic rings. The van der Waals surface area contributed by atoms with Crippen LogP contribution in [0.25, 0.3) is 0 Å². The Morgan fingerprint density at radius 3 is 2.64 bits per heavy atom. The number of rotatable bonds is 8. The Balaban J connectivity index is 1.50. The minimum Gasteiger partial charge on any atom is -0.484 e. The quantitative estimate of drug-likeness (QED) is 0.374. The number of hydrogen-bond donors (Lipinski definition) is 4. The molecule has 1 fully saturated rings. The largest absolute Gasteiger partial charge is 0.484 e. The maximum atomic E-state index is 13.8. The number of aromatic amines is 1. The summed E-state index contributed by atoms with van der Waals surface area (Å²) in [5.74, 6) is 1.64. The Labute approximate surface area is 248 Å². The fourth-order valence-electron chi connectivity index (χ4n) is 5.44. The number of carbonyl (C=O) groups is 3. The highest BCUT2D eigenvalue weighted by Crippen LogP contribution is 2.30. The van der Waals surface area contributed by atoms with Crippen molar-refractivity contribution in [3.63, 3.8) is 0 Å². The summed E-state index contributed by atoms with van der Waals surface area (Å²) in [6.45, 7) is 3.81. The molecule has 3 amide bonds. The average molecular weight is 583 g/mol. The van der Waals surface area contributed by atoms with E-state index in [2.05, 4.69) is 30.8 Å². The van der Waals surface area contributed by atoms with E-state index in [0.717, 1.165) is 37.2 Å². The summed E-state index contributed by atoms with van der Waals surface area (Å²) in [4.78, 5) is 49.0. The number of nitrogens with zero attached hydrogens (tertiary/aromatic N) is 2. The Hall–Kier alpha value is -3.44. The number of benzene rings is 1. The maximum absolute atomic E-state index is 13.8. The van der Waals surface area contributed by atoms with E-state index in [9.17, 15) is 14.4 Å². The van der Waals surface area contributed by atoms with Crippen LogP contribution in [0, 0.1) is 11.3 Å². The minimum absolute atomic E-state index is 0.0597. The van der Waals surface area contributed by atoms with Crippen molar-refractivity contribution in [1.82, 2.24) is 30.8 Å². The van der Waals surface area contributed by atoms with Gasteiger partial charge in [0.05, 0.1) is 12.0 Å². The summed E-state index contributed by atoms with van der Waals surface area (Å²) in [6, 6.07) is 7.47. The Morgan fingerprint density at radius 1 is 1.12 bits per heavy atom. The molecule has 1 atom stereocenters. The van der Waals surface area contributed by atoms with Gasteiger partial charge in [-0.2, -0.15) is 0 Å². The zero-order chi connectivity index (χ0) is 29.6. The number of carbonyl (C=O) groups excluding carboxylic acids is 3. The number of methoxy groups -OCH3 is 1. The van der Waals surface area contributed by atoms with E-state index in [-0.39, 0.29) is 30.9 Å². The predicted octanol–water partition coefficient (Wildman–Crippen LogP) is 2.19. The Kier molecular flexibility index (Phi) is 12.2. The van der Waals surface area contributed by atoms with Gasteiger partial charge in [0.2, 0.25) is 11.8 Å². The molecule has 42 heavy (non-hydrogen) atoms. The molecule has 2 bridgehead atoms. The number of aromatic nitrogens is 2. The summed E-state index contributed by atoms with van der Waals surface area (Å²) < 4.78 is 11.1. The molecule has 1 aromatic heterocycles. The van der Waals surface area contributed by atoms with Crippen molar-refractivity contribution in [1.29, 1.82) is 0 Å². The SMILES string of the molecule is COCCC1(C(=O)NCC2CCC2)CNC(=O)CCCN(Cc2ncc[nH]2)CCCNC(=O)COc2ccc(cc2)C1. The topological polar surface area (TPSA) is 138 Å². The Morgan fingerprint density at radius 2 is 1.93 bits per heavy atom. The van der Waals surface area contributed by atoms with Gasteiger partial charge in [0, 0.05) is 58.7 Å². The minimum atomic E-state index is -0.871. The summed E-state index contributed by atoms with van der Waals surface area (Å²) in [7, 11) is 1.63. The van der Waals surface area contributed by atoms with Crippen molar-refractivity contribution in [3.8, 4) is 5.75 Å². The highest BCUT2D eigenvalue weighted by atomic mass is 16.5. The molecule has 0 spiro atoms. The van der Waals surface area contributed by atoms with Crippen LogP contribution in [0.15, 0.2) is 36.7 Å². The summed E-state index contributed by atoms with van der Waals surface area (Å²) in [5.41, 5.74) is 0.0722. The van der Waals surface area contributed by atoms with Gasteiger partial charge in [0.15, 0.2) is 6.61 Å². The van der Waals surface area contributed by atoms with Crippen LogP contribution in [0.5, 0.6) is 5.75 Å². The number of H-pyrrole nitrogens is 1. The van der Waals surface area contributed by atoms with Crippen molar-refractivity contribution in [2.24, 2.45) is 11.3 Å². The van der Waals surface area contributed by atoms with Gasteiger partial charge >= 0.3 is 0 Å². The zero-order valence-electron chi connectivity index (χ0n) is 24.8. The normalized spacial score (nSPS) is 21.9. The van der Waals surface area contributed by atoms with Crippen LogP contribution in [0.4, 0.5) is 0 Å². The van der Waals surface area contributed by atoms with E-state index in [4.69, 9.17) is 9.47 Å². The molecular weight excluding hydrogens is 536 g/mol. The molecule has 11 nitrogen and oxygen atoms in total. The highest BCUT2D eigenvalue weighted by Gasteiger charge is 2.39. The van der Waals surface area contributed by atoms with Crippen LogP contribution in [-0.2, 0) is 32.1 Å². The maximum Gasteiger partial charge on any atom is 0.257 e. The first-order valence-corrected chi connectivity index (χ1v) is 15.2. The van der Waals surface area contributed by atoms with Crippen LogP contribution in [0.1, 0.15) is 56.3 Å². The third kappa shape index (κ3) is 9.84. The van der Waals surface area contributed by atoms with E-state index in [1.807, 2.05) is 24.3 Å². The zero-order valence-corrected chi connectivity index (χ0v) is 24.8. The molecule has 3 heterocycles. The highest BCUT2D eigenvalue weighted by molar-refractivity contribution is 5.84. The van der Waals surface area contributed by atoms with Crippen LogP contribution in [0.3, 0.4) is 0 Å². The number of hydrogen-bond acceptors (Lipinski definition) is 7. The van der Waals surface area contributed by atoms with Crippen molar-refractivity contribution < 1.29 is 23.9 Å². The lowest BCUT2D eigenvalue weighted by atomic mass is 9.77. The third-order valence-electron chi connectivity index (χ3n) is 8.28. The molecule has 1 aromatic carbocycles. The third-order valence-corrected chi connectivity index (χ3v) is 8.28. The van der Waals surface area contributed by atoms with Crippen molar-refractivity contribution >= 4 is 17.7 Å². The number of nitrogens with one attached hydrogen (secondary N) is 4.